The van der Waals surface area contributed by atoms with E-state index in [0.29, 0.717) is 6.04 Å². The molecule has 1 atom stereocenters. The van der Waals surface area contributed by atoms with Gasteiger partial charge in [-0.05, 0) is 68.3 Å². The van der Waals surface area contributed by atoms with Gasteiger partial charge in [0.25, 0.3) is 0 Å². The van der Waals surface area contributed by atoms with E-state index in [9.17, 15) is 4.39 Å². The van der Waals surface area contributed by atoms with Crippen LogP contribution in [0.5, 0.6) is 0 Å². The summed E-state index contributed by atoms with van der Waals surface area (Å²) in [5.41, 5.74) is 2.54. The largest absolute Gasteiger partial charge is 0.314 e. The second-order valence-electron chi connectivity index (χ2n) is 6.47. The first-order valence-electron chi connectivity index (χ1n) is 7.32. The third-order valence-corrected chi connectivity index (χ3v) is 3.58. The Labute approximate surface area is 117 Å². The van der Waals surface area contributed by atoms with Crippen molar-refractivity contribution in [2.45, 2.75) is 59.9 Å². The highest BCUT2D eigenvalue weighted by Gasteiger charge is 2.22. The number of hydrogen-bond acceptors (Lipinski definition) is 1. The predicted molar refractivity (Wildman–Crippen MR) is 81.0 cm³/mol. The molecule has 0 spiro atoms. The molecular formula is C17H28FN. The maximum absolute atomic E-state index is 13.1. The van der Waals surface area contributed by atoms with Crippen LogP contribution in [0.1, 0.15) is 51.7 Å². The van der Waals surface area contributed by atoms with Crippen LogP contribution >= 0.6 is 0 Å². The Balaban J connectivity index is 2.62. The zero-order valence-corrected chi connectivity index (χ0v) is 13.0. The molecule has 1 N–H and O–H groups in total. The monoisotopic (exact) mass is 265 g/mol. The standard InChI is InChI=1S/C17H28FN/c1-6-9-19-14(3)11-17(4,5)12-15-7-8-16(18)10-13(15)2/h7-8,10,14,19H,6,9,11-12H2,1-5H3. The fourth-order valence-electron chi connectivity index (χ4n) is 2.74. The zero-order chi connectivity index (χ0) is 14.5. The summed E-state index contributed by atoms with van der Waals surface area (Å²) in [4.78, 5) is 0. The van der Waals surface area contributed by atoms with Gasteiger partial charge in [0.15, 0.2) is 0 Å². The van der Waals surface area contributed by atoms with Crippen LogP contribution < -0.4 is 5.32 Å². The molecular weight excluding hydrogens is 237 g/mol. The minimum absolute atomic E-state index is 0.142. The van der Waals surface area contributed by atoms with E-state index in [2.05, 4.69) is 33.0 Å². The molecule has 1 unspecified atom stereocenters. The number of rotatable bonds is 7. The first kappa shape index (κ1) is 16.2. The Kier molecular flexibility index (Phi) is 5.99. The van der Waals surface area contributed by atoms with Gasteiger partial charge in [0.2, 0.25) is 0 Å². The van der Waals surface area contributed by atoms with Gasteiger partial charge < -0.3 is 5.32 Å². The molecule has 2 heteroatoms. The lowest BCUT2D eigenvalue weighted by Crippen LogP contribution is -2.32. The summed E-state index contributed by atoms with van der Waals surface area (Å²) < 4.78 is 13.1. The molecule has 1 nitrogen and oxygen atoms in total. The van der Waals surface area contributed by atoms with Gasteiger partial charge in [-0.2, -0.15) is 0 Å². The molecule has 0 saturated heterocycles. The molecule has 0 fully saturated rings. The van der Waals surface area contributed by atoms with Gasteiger partial charge in [-0.25, -0.2) is 4.39 Å². The Morgan fingerprint density at radius 1 is 1.32 bits per heavy atom. The lowest BCUT2D eigenvalue weighted by molar-refractivity contribution is 0.286. The Morgan fingerprint density at radius 2 is 2.00 bits per heavy atom. The van der Waals surface area contributed by atoms with Gasteiger partial charge in [-0.1, -0.05) is 26.8 Å². The summed E-state index contributed by atoms with van der Waals surface area (Å²) in [7, 11) is 0. The first-order valence-corrected chi connectivity index (χ1v) is 7.32. The highest BCUT2D eigenvalue weighted by atomic mass is 19.1. The molecule has 0 heterocycles. The zero-order valence-electron chi connectivity index (χ0n) is 13.0. The van der Waals surface area contributed by atoms with Crippen molar-refractivity contribution in [2.24, 2.45) is 5.41 Å². The average Bonchev–Trinajstić information content (AvgIpc) is 2.29. The molecule has 0 aliphatic rings. The first-order chi connectivity index (χ1) is 8.84. The van der Waals surface area contributed by atoms with Crippen LogP contribution in [0.25, 0.3) is 0 Å². The van der Waals surface area contributed by atoms with Crippen molar-refractivity contribution in [1.29, 1.82) is 0 Å². The Hall–Kier alpha value is -0.890. The lowest BCUT2D eigenvalue weighted by atomic mass is 9.79. The summed E-state index contributed by atoms with van der Waals surface area (Å²) in [6.07, 6.45) is 3.29. The average molecular weight is 265 g/mol. The van der Waals surface area contributed by atoms with Gasteiger partial charge in [0.05, 0.1) is 0 Å². The van der Waals surface area contributed by atoms with Gasteiger partial charge in [0, 0.05) is 6.04 Å². The number of hydrogen-bond donors (Lipinski definition) is 1. The van der Waals surface area contributed by atoms with Crippen LogP contribution in [0.15, 0.2) is 18.2 Å². The van der Waals surface area contributed by atoms with E-state index in [-0.39, 0.29) is 11.2 Å². The topological polar surface area (TPSA) is 12.0 Å². The molecule has 108 valence electrons. The van der Waals surface area contributed by atoms with Gasteiger partial charge in [0.1, 0.15) is 5.82 Å². The maximum Gasteiger partial charge on any atom is 0.123 e. The van der Waals surface area contributed by atoms with Crippen LogP contribution in [-0.4, -0.2) is 12.6 Å². The molecule has 0 radical (unpaired) electrons. The van der Waals surface area contributed by atoms with Crippen molar-refractivity contribution in [3.8, 4) is 0 Å². The summed E-state index contributed by atoms with van der Waals surface area (Å²) in [6, 6.07) is 5.65. The highest BCUT2D eigenvalue weighted by Crippen LogP contribution is 2.29. The summed E-state index contributed by atoms with van der Waals surface area (Å²) in [5.74, 6) is -0.142. The minimum atomic E-state index is -0.142. The quantitative estimate of drug-likeness (QED) is 0.766. The summed E-state index contributed by atoms with van der Waals surface area (Å²) in [5, 5.41) is 3.54. The van der Waals surface area contributed by atoms with Gasteiger partial charge >= 0.3 is 0 Å². The van der Waals surface area contributed by atoms with E-state index in [0.717, 1.165) is 24.9 Å². The SMILES string of the molecule is CCCNC(C)CC(C)(C)Cc1ccc(F)cc1C. The molecule has 0 aromatic heterocycles. The van der Waals surface area contributed by atoms with Crippen molar-refractivity contribution in [2.75, 3.05) is 6.54 Å². The highest BCUT2D eigenvalue weighted by molar-refractivity contribution is 5.27. The lowest BCUT2D eigenvalue weighted by Gasteiger charge is -2.29. The number of nitrogens with one attached hydrogen (secondary N) is 1. The Bertz CT molecular complexity index is 398. The molecule has 0 amide bonds. The number of halogens is 1. The summed E-state index contributed by atoms with van der Waals surface area (Å²) >= 11 is 0. The van der Waals surface area contributed by atoms with Crippen LogP contribution in [-0.2, 0) is 6.42 Å². The fraction of sp³-hybridized carbons (Fsp3) is 0.647. The van der Waals surface area contributed by atoms with E-state index in [1.807, 2.05) is 13.0 Å². The van der Waals surface area contributed by atoms with Crippen molar-refractivity contribution < 1.29 is 4.39 Å². The van der Waals surface area contributed by atoms with E-state index in [1.54, 1.807) is 12.1 Å². The van der Waals surface area contributed by atoms with Crippen LogP contribution in [0, 0.1) is 18.2 Å². The molecule has 0 aliphatic carbocycles. The number of aryl methyl sites for hydroxylation is 1. The molecule has 1 aromatic rings. The smallest absolute Gasteiger partial charge is 0.123 e. The molecule has 0 aliphatic heterocycles. The van der Waals surface area contributed by atoms with Crippen LogP contribution in [0.3, 0.4) is 0 Å². The molecule has 1 rings (SSSR count). The third-order valence-electron chi connectivity index (χ3n) is 3.58. The van der Waals surface area contributed by atoms with Gasteiger partial charge in [-0.15, -0.1) is 0 Å². The fourth-order valence-corrected chi connectivity index (χ4v) is 2.74. The molecule has 19 heavy (non-hydrogen) atoms. The predicted octanol–water partition coefficient (Wildman–Crippen LogP) is 4.48. The molecule has 1 aromatic carbocycles. The van der Waals surface area contributed by atoms with E-state index >= 15 is 0 Å². The van der Waals surface area contributed by atoms with E-state index in [1.165, 1.54) is 12.0 Å². The third kappa shape index (κ3) is 5.73. The molecule has 0 saturated carbocycles. The van der Waals surface area contributed by atoms with Crippen molar-refractivity contribution in [3.63, 3.8) is 0 Å². The van der Waals surface area contributed by atoms with Crippen LogP contribution in [0.2, 0.25) is 0 Å². The Morgan fingerprint density at radius 3 is 2.58 bits per heavy atom. The maximum atomic E-state index is 13.1. The van der Waals surface area contributed by atoms with Crippen molar-refractivity contribution in [1.82, 2.24) is 5.32 Å². The van der Waals surface area contributed by atoms with E-state index < -0.39 is 0 Å². The van der Waals surface area contributed by atoms with Crippen molar-refractivity contribution >= 4 is 0 Å². The van der Waals surface area contributed by atoms with Crippen molar-refractivity contribution in [3.05, 3.63) is 35.1 Å². The summed E-state index contributed by atoms with van der Waals surface area (Å²) in [6.45, 7) is 12.1. The number of benzene rings is 1. The second kappa shape index (κ2) is 7.04. The van der Waals surface area contributed by atoms with Crippen LogP contribution in [0.4, 0.5) is 4.39 Å². The van der Waals surface area contributed by atoms with E-state index in [4.69, 9.17) is 0 Å². The normalized spacial score (nSPS) is 13.6. The molecule has 0 bridgehead atoms. The minimum Gasteiger partial charge on any atom is -0.314 e. The second-order valence-corrected chi connectivity index (χ2v) is 6.47. The van der Waals surface area contributed by atoms with Gasteiger partial charge in [-0.3, -0.25) is 0 Å².